The molecule has 142 valence electrons. The van der Waals surface area contributed by atoms with Crippen LogP contribution in [0.2, 0.25) is 0 Å². The third kappa shape index (κ3) is 4.51. The number of carbonyl (C=O) groups is 2. The molecule has 1 amide bonds. The van der Waals surface area contributed by atoms with E-state index in [1.54, 1.807) is 4.90 Å². The lowest BCUT2D eigenvalue weighted by molar-refractivity contribution is -0.145. The molecule has 1 aliphatic carbocycles. The van der Waals surface area contributed by atoms with Crippen molar-refractivity contribution in [1.82, 2.24) is 10.2 Å². The van der Waals surface area contributed by atoms with E-state index in [1.165, 1.54) is 24.8 Å². The fourth-order valence-electron chi connectivity index (χ4n) is 3.32. The number of carbonyl (C=O) groups excluding carboxylic acids is 2. The molecule has 3 rings (SSSR count). The van der Waals surface area contributed by atoms with E-state index in [9.17, 15) is 18.0 Å². The number of amides is 1. The van der Waals surface area contributed by atoms with Crippen LogP contribution < -0.4 is 5.32 Å². The second-order valence-corrected chi connectivity index (χ2v) is 8.61. The molecule has 0 aromatic rings. The maximum absolute atomic E-state index is 12.2. The maximum Gasteiger partial charge on any atom is 0.340 e. The largest absolute Gasteiger partial charge is 0.452 e. The molecule has 0 radical (unpaired) electrons. The molecule has 3 aliphatic rings. The van der Waals surface area contributed by atoms with E-state index in [0.29, 0.717) is 5.92 Å². The first-order valence-electron chi connectivity index (χ1n) is 8.80. The van der Waals surface area contributed by atoms with Gasteiger partial charge in [-0.15, -0.1) is 4.40 Å². The number of fused-ring (bicyclic) bond motifs is 1. The van der Waals surface area contributed by atoms with Crippen molar-refractivity contribution in [2.45, 2.75) is 38.6 Å². The quantitative estimate of drug-likeness (QED) is 0.720. The average Bonchev–Trinajstić information content (AvgIpc) is 2.60. The van der Waals surface area contributed by atoms with Crippen molar-refractivity contribution in [1.29, 1.82) is 0 Å². The third-order valence-electron chi connectivity index (χ3n) is 4.85. The molecule has 0 saturated heterocycles. The van der Waals surface area contributed by atoms with Gasteiger partial charge in [0.25, 0.3) is 15.9 Å². The highest BCUT2D eigenvalue weighted by molar-refractivity contribution is 7.90. The van der Waals surface area contributed by atoms with E-state index in [2.05, 4.69) is 16.6 Å². The van der Waals surface area contributed by atoms with Gasteiger partial charge in [-0.1, -0.05) is 19.8 Å². The normalized spacial score (nSPS) is 27.0. The van der Waals surface area contributed by atoms with Gasteiger partial charge in [0.2, 0.25) is 0 Å². The van der Waals surface area contributed by atoms with Gasteiger partial charge in [0.05, 0.1) is 11.3 Å². The van der Waals surface area contributed by atoms with Crippen molar-refractivity contribution in [3.05, 3.63) is 23.9 Å². The van der Waals surface area contributed by atoms with Crippen LogP contribution in [0.3, 0.4) is 0 Å². The Hall–Kier alpha value is -2.16. The summed E-state index contributed by atoms with van der Waals surface area (Å²) in [5, 5.41) is 2.93. The summed E-state index contributed by atoms with van der Waals surface area (Å²) in [4.78, 5) is 25.8. The molecule has 2 heterocycles. The minimum absolute atomic E-state index is 0.106. The van der Waals surface area contributed by atoms with E-state index in [4.69, 9.17) is 4.74 Å². The van der Waals surface area contributed by atoms with Crippen molar-refractivity contribution in [3.63, 3.8) is 0 Å². The first-order valence-corrected chi connectivity index (χ1v) is 10.4. The van der Waals surface area contributed by atoms with Crippen LogP contribution in [0.4, 0.5) is 0 Å². The smallest absolute Gasteiger partial charge is 0.340 e. The zero-order valence-electron chi connectivity index (χ0n) is 14.7. The summed E-state index contributed by atoms with van der Waals surface area (Å²) in [5.41, 5.74) is 0.252. The third-order valence-corrected chi connectivity index (χ3v) is 6.02. The van der Waals surface area contributed by atoms with E-state index < -0.39 is 16.0 Å². The summed E-state index contributed by atoms with van der Waals surface area (Å²) in [6.45, 7) is 2.01. The number of esters is 1. The standard InChI is InChI=1S/C17H23N3O5S/c1-12-4-2-3-5-14(12)18-16(21)11-25-17(22)13-6-7-15-19-26(23,24)9-8-20(15)10-13/h6-7,10,12,14H,2-5,8-9,11H2,1H3,(H,18,21). The number of rotatable bonds is 4. The number of nitrogens with zero attached hydrogens (tertiary/aromatic N) is 2. The van der Waals surface area contributed by atoms with E-state index in [1.807, 2.05) is 0 Å². The minimum atomic E-state index is -3.43. The van der Waals surface area contributed by atoms with Gasteiger partial charge in [0, 0.05) is 18.8 Å². The number of nitrogens with one attached hydrogen (secondary N) is 1. The molecular weight excluding hydrogens is 358 g/mol. The van der Waals surface area contributed by atoms with Gasteiger partial charge in [-0.25, -0.2) is 13.2 Å². The first kappa shape index (κ1) is 18.6. The second kappa shape index (κ2) is 7.61. The van der Waals surface area contributed by atoms with Gasteiger partial charge in [-0.2, -0.15) is 0 Å². The SMILES string of the molecule is CC1CCCCC1NC(=O)COC(=O)C1=CN2CCS(=O)(=O)N=C2C=C1. The molecular formula is C17H23N3O5S. The van der Waals surface area contributed by atoms with Crippen molar-refractivity contribution in [3.8, 4) is 0 Å². The van der Waals surface area contributed by atoms with Crippen LogP contribution in [0, 0.1) is 5.92 Å². The summed E-state index contributed by atoms with van der Waals surface area (Å²) < 4.78 is 31.7. The van der Waals surface area contributed by atoms with Crippen LogP contribution in [-0.2, 0) is 24.3 Å². The second-order valence-electron chi connectivity index (χ2n) is 6.86. The highest BCUT2D eigenvalue weighted by Gasteiger charge is 2.26. The molecule has 26 heavy (non-hydrogen) atoms. The summed E-state index contributed by atoms with van der Waals surface area (Å²) in [5.74, 6) is -0.327. The van der Waals surface area contributed by atoms with Crippen LogP contribution in [0.5, 0.6) is 0 Å². The molecule has 1 fully saturated rings. The van der Waals surface area contributed by atoms with Crippen molar-refractivity contribution in [2.75, 3.05) is 18.9 Å². The molecule has 2 atom stereocenters. The average molecular weight is 381 g/mol. The highest BCUT2D eigenvalue weighted by atomic mass is 32.2. The van der Waals surface area contributed by atoms with E-state index >= 15 is 0 Å². The summed E-state index contributed by atoms with van der Waals surface area (Å²) >= 11 is 0. The molecule has 0 spiro atoms. The molecule has 1 saturated carbocycles. The monoisotopic (exact) mass is 381 g/mol. The minimum Gasteiger partial charge on any atom is -0.452 e. The molecule has 0 bridgehead atoms. The van der Waals surface area contributed by atoms with E-state index in [-0.39, 0.29) is 42.3 Å². The number of amidine groups is 1. The zero-order valence-corrected chi connectivity index (χ0v) is 15.5. The van der Waals surface area contributed by atoms with Crippen LogP contribution >= 0.6 is 0 Å². The zero-order chi connectivity index (χ0) is 18.7. The first-order chi connectivity index (χ1) is 12.3. The molecule has 9 heteroatoms. The predicted octanol–water partition coefficient (Wildman–Crippen LogP) is 0.722. The van der Waals surface area contributed by atoms with Crippen LogP contribution in [-0.4, -0.2) is 56.0 Å². The van der Waals surface area contributed by atoms with Crippen molar-refractivity contribution in [2.24, 2.45) is 10.3 Å². The lowest BCUT2D eigenvalue weighted by atomic mass is 9.86. The Kier molecular flexibility index (Phi) is 5.45. The van der Waals surface area contributed by atoms with Gasteiger partial charge < -0.3 is 15.0 Å². The molecule has 2 aliphatic heterocycles. The Morgan fingerprint density at radius 3 is 2.85 bits per heavy atom. The molecule has 2 unspecified atom stereocenters. The summed E-state index contributed by atoms with van der Waals surface area (Å²) in [6, 6.07) is 0.137. The van der Waals surface area contributed by atoms with Crippen LogP contribution in [0.1, 0.15) is 32.6 Å². The van der Waals surface area contributed by atoms with Gasteiger partial charge >= 0.3 is 5.97 Å². The fourth-order valence-corrected chi connectivity index (χ4v) is 4.28. The van der Waals surface area contributed by atoms with Crippen LogP contribution in [0.25, 0.3) is 0 Å². The summed E-state index contributed by atoms with van der Waals surface area (Å²) in [6.07, 6.45) is 8.73. The van der Waals surface area contributed by atoms with Crippen molar-refractivity contribution >= 4 is 27.7 Å². The fraction of sp³-hybridized carbons (Fsp3) is 0.588. The molecule has 1 N–H and O–H groups in total. The van der Waals surface area contributed by atoms with Gasteiger partial charge in [-0.05, 0) is 30.9 Å². The van der Waals surface area contributed by atoms with Crippen molar-refractivity contribution < 1.29 is 22.7 Å². The highest BCUT2D eigenvalue weighted by Crippen LogP contribution is 2.23. The predicted molar refractivity (Wildman–Crippen MR) is 95.7 cm³/mol. The van der Waals surface area contributed by atoms with E-state index in [0.717, 1.165) is 19.3 Å². The Morgan fingerprint density at radius 2 is 2.08 bits per heavy atom. The Balaban J connectivity index is 1.52. The summed E-state index contributed by atoms with van der Waals surface area (Å²) in [7, 11) is -3.43. The Morgan fingerprint density at radius 1 is 1.31 bits per heavy atom. The van der Waals surface area contributed by atoms with Crippen LogP contribution in [0.15, 0.2) is 28.3 Å². The molecule has 0 aromatic heterocycles. The number of ether oxygens (including phenoxy) is 1. The molecule has 0 aromatic carbocycles. The number of hydrogen-bond donors (Lipinski definition) is 1. The number of hydrogen-bond acceptors (Lipinski definition) is 6. The number of sulfonamides is 1. The Bertz CT molecular complexity index is 784. The topological polar surface area (TPSA) is 105 Å². The Labute approximate surface area is 153 Å². The molecule has 8 nitrogen and oxygen atoms in total. The lowest BCUT2D eigenvalue weighted by Gasteiger charge is -2.29. The van der Waals surface area contributed by atoms with Gasteiger partial charge in [0.1, 0.15) is 5.84 Å². The van der Waals surface area contributed by atoms with Gasteiger partial charge in [-0.3, -0.25) is 4.79 Å². The maximum atomic E-state index is 12.2. The van der Waals surface area contributed by atoms with Gasteiger partial charge in [0.15, 0.2) is 6.61 Å². The lowest BCUT2D eigenvalue weighted by Crippen LogP contribution is -2.43.